The lowest BCUT2D eigenvalue weighted by Crippen LogP contribution is -2.01. The van der Waals surface area contributed by atoms with Gasteiger partial charge in [0, 0.05) is 21.2 Å². The lowest BCUT2D eigenvalue weighted by atomic mass is 9.96. The second kappa shape index (κ2) is 6.66. The van der Waals surface area contributed by atoms with Crippen LogP contribution in [0.25, 0.3) is 22.4 Å². The summed E-state index contributed by atoms with van der Waals surface area (Å²) in [7, 11) is 0. The zero-order valence-corrected chi connectivity index (χ0v) is 15.4. The molecule has 0 bridgehead atoms. The van der Waals surface area contributed by atoms with E-state index in [1.54, 1.807) is 18.2 Å². The van der Waals surface area contributed by atoms with Crippen LogP contribution in [0, 0.1) is 31.0 Å². The van der Waals surface area contributed by atoms with Crippen molar-refractivity contribution in [3.8, 4) is 28.5 Å². The maximum Gasteiger partial charge on any atom is 0.142 e. The monoisotopic (exact) mass is 395 g/mol. The third-order valence-corrected chi connectivity index (χ3v) is 4.54. The third-order valence-electron chi connectivity index (χ3n) is 4.05. The molecule has 1 aromatic heterocycles. The molecule has 0 radical (unpaired) electrons. The van der Waals surface area contributed by atoms with Crippen molar-refractivity contribution in [2.75, 3.05) is 5.73 Å². The molecule has 3 aromatic rings. The average Bonchev–Trinajstić information content (AvgIpc) is 2.56. The van der Waals surface area contributed by atoms with Gasteiger partial charge in [0.15, 0.2) is 0 Å². The van der Waals surface area contributed by atoms with Crippen LogP contribution in [-0.4, -0.2) is 4.98 Å². The molecule has 0 aliphatic heterocycles. The number of aryl methyl sites for hydroxylation is 2. The Morgan fingerprint density at radius 2 is 1.80 bits per heavy atom. The standard InChI is InChI=1S/C20H15BrFN3/c1-11-3-4-12(2)15(7-11)19-9-16(17(10-23)20(24)25-19)14-6-5-13(21)8-18(14)22/h3-9H,1-2H3,(H2,24,25). The van der Waals surface area contributed by atoms with Gasteiger partial charge in [-0.05, 0) is 43.7 Å². The minimum Gasteiger partial charge on any atom is -0.383 e. The molecule has 124 valence electrons. The van der Waals surface area contributed by atoms with Crippen LogP contribution in [0.2, 0.25) is 0 Å². The van der Waals surface area contributed by atoms with Crippen LogP contribution < -0.4 is 5.73 Å². The number of nitrogen functional groups attached to an aromatic ring is 1. The molecule has 0 spiro atoms. The largest absolute Gasteiger partial charge is 0.383 e. The number of nitrogens with two attached hydrogens (primary N) is 1. The van der Waals surface area contributed by atoms with E-state index in [2.05, 4.69) is 20.9 Å². The number of nitrogens with zero attached hydrogens (tertiary/aromatic N) is 2. The van der Waals surface area contributed by atoms with E-state index in [1.807, 2.05) is 38.1 Å². The quantitative estimate of drug-likeness (QED) is 0.632. The van der Waals surface area contributed by atoms with Crippen molar-refractivity contribution in [2.45, 2.75) is 13.8 Å². The van der Waals surface area contributed by atoms with Crippen molar-refractivity contribution in [2.24, 2.45) is 0 Å². The number of rotatable bonds is 2. The molecule has 0 aliphatic rings. The number of aromatic nitrogens is 1. The normalized spacial score (nSPS) is 10.5. The van der Waals surface area contributed by atoms with Gasteiger partial charge in [0.05, 0.1) is 5.69 Å². The van der Waals surface area contributed by atoms with Crippen LogP contribution >= 0.6 is 15.9 Å². The predicted molar refractivity (Wildman–Crippen MR) is 101 cm³/mol. The molecule has 0 saturated heterocycles. The molecule has 2 aromatic carbocycles. The summed E-state index contributed by atoms with van der Waals surface area (Å²) in [5, 5.41) is 9.46. The Hall–Kier alpha value is -2.71. The second-order valence-corrected chi connectivity index (χ2v) is 6.79. The second-order valence-electron chi connectivity index (χ2n) is 5.87. The number of anilines is 1. The summed E-state index contributed by atoms with van der Waals surface area (Å²) in [4.78, 5) is 4.37. The molecule has 0 atom stereocenters. The van der Waals surface area contributed by atoms with E-state index in [0.29, 0.717) is 21.3 Å². The third kappa shape index (κ3) is 3.26. The van der Waals surface area contributed by atoms with Gasteiger partial charge in [0.2, 0.25) is 0 Å². The van der Waals surface area contributed by atoms with E-state index in [9.17, 15) is 9.65 Å². The van der Waals surface area contributed by atoms with Gasteiger partial charge in [-0.25, -0.2) is 9.37 Å². The fraction of sp³-hybridized carbons (Fsp3) is 0.100. The van der Waals surface area contributed by atoms with Gasteiger partial charge in [0.25, 0.3) is 0 Å². The van der Waals surface area contributed by atoms with Gasteiger partial charge < -0.3 is 5.73 Å². The van der Waals surface area contributed by atoms with Crippen molar-refractivity contribution < 1.29 is 4.39 Å². The Bertz CT molecular complexity index is 1020. The highest BCUT2D eigenvalue weighted by Crippen LogP contribution is 2.34. The van der Waals surface area contributed by atoms with E-state index in [-0.39, 0.29) is 11.4 Å². The van der Waals surface area contributed by atoms with Crippen molar-refractivity contribution in [3.05, 3.63) is 69.4 Å². The molecule has 1 heterocycles. The summed E-state index contributed by atoms with van der Waals surface area (Å²) in [5.74, 6) is -0.332. The summed E-state index contributed by atoms with van der Waals surface area (Å²) in [6, 6.07) is 14.5. The van der Waals surface area contributed by atoms with Gasteiger partial charge in [-0.2, -0.15) is 5.26 Å². The van der Waals surface area contributed by atoms with E-state index in [4.69, 9.17) is 5.73 Å². The fourth-order valence-corrected chi connectivity index (χ4v) is 3.09. The Morgan fingerprint density at radius 1 is 1.04 bits per heavy atom. The van der Waals surface area contributed by atoms with Crippen molar-refractivity contribution in [3.63, 3.8) is 0 Å². The molecule has 3 nitrogen and oxygen atoms in total. The summed E-state index contributed by atoms with van der Waals surface area (Å²) >= 11 is 3.25. The van der Waals surface area contributed by atoms with E-state index < -0.39 is 5.82 Å². The molecule has 0 fully saturated rings. The Morgan fingerprint density at radius 3 is 2.48 bits per heavy atom. The van der Waals surface area contributed by atoms with Crippen molar-refractivity contribution in [1.82, 2.24) is 4.98 Å². The first-order valence-electron chi connectivity index (χ1n) is 7.64. The molecule has 0 unspecified atom stereocenters. The van der Waals surface area contributed by atoms with Crippen LogP contribution in [-0.2, 0) is 0 Å². The van der Waals surface area contributed by atoms with E-state index in [0.717, 1.165) is 16.7 Å². The molecule has 0 saturated carbocycles. The predicted octanol–water partition coefficient (Wildman–Crippen LogP) is 5.39. The van der Waals surface area contributed by atoms with Gasteiger partial charge in [-0.3, -0.25) is 0 Å². The maximum absolute atomic E-state index is 14.5. The minimum absolute atomic E-state index is 0.0956. The summed E-state index contributed by atoms with van der Waals surface area (Å²) in [6.45, 7) is 3.97. The smallest absolute Gasteiger partial charge is 0.142 e. The van der Waals surface area contributed by atoms with Gasteiger partial charge >= 0.3 is 0 Å². The Labute approximate surface area is 154 Å². The molecule has 25 heavy (non-hydrogen) atoms. The maximum atomic E-state index is 14.5. The molecule has 0 aliphatic carbocycles. The minimum atomic E-state index is -0.427. The van der Waals surface area contributed by atoms with Crippen LogP contribution in [0.3, 0.4) is 0 Å². The SMILES string of the molecule is Cc1ccc(C)c(-c2cc(-c3ccc(Br)cc3F)c(C#N)c(N)n2)c1. The first kappa shape index (κ1) is 17.1. The number of pyridine rings is 1. The molecule has 5 heteroatoms. The van der Waals surface area contributed by atoms with Gasteiger partial charge in [0.1, 0.15) is 23.3 Å². The zero-order chi connectivity index (χ0) is 18.1. The number of nitriles is 1. The summed E-state index contributed by atoms with van der Waals surface area (Å²) < 4.78 is 15.1. The number of benzene rings is 2. The highest BCUT2D eigenvalue weighted by atomic mass is 79.9. The van der Waals surface area contributed by atoms with E-state index in [1.165, 1.54) is 6.07 Å². The lowest BCUT2D eigenvalue weighted by Gasteiger charge is -2.13. The van der Waals surface area contributed by atoms with E-state index >= 15 is 0 Å². The number of halogens is 2. The molecule has 2 N–H and O–H groups in total. The Kier molecular flexibility index (Phi) is 4.56. The van der Waals surface area contributed by atoms with Gasteiger partial charge in [-0.1, -0.05) is 39.7 Å². The van der Waals surface area contributed by atoms with Crippen LogP contribution in [0.4, 0.5) is 10.2 Å². The van der Waals surface area contributed by atoms with Crippen LogP contribution in [0.1, 0.15) is 16.7 Å². The average molecular weight is 396 g/mol. The highest BCUT2D eigenvalue weighted by Gasteiger charge is 2.17. The first-order valence-corrected chi connectivity index (χ1v) is 8.43. The van der Waals surface area contributed by atoms with Crippen LogP contribution in [0.15, 0.2) is 46.9 Å². The fourth-order valence-electron chi connectivity index (χ4n) is 2.75. The van der Waals surface area contributed by atoms with Crippen LogP contribution in [0.5, 0.6) is 0 Å². The first-order chi connectivity index (χ1) is 11.9. The zero-order valence-electron chi connectivity index (χ0n) is 13.8. The highest BCUT2D eigenvalue weighted by molar-refractivity contribution is 9.10. The van der Waals surface area contributed by atoms with Crippen molar-refractivity contribution >= 4 is 21.7 Å². The summed E-state index contributed by atoms with van der Waals surface area (Å²) in [6.07, 6.45) is 0. The molecule has 3 rings (SSSR count). The van der Waals surface area contributed by atoms with Crippen molar-refractivity contribution in [1.29, 1.82) is 5.26 Å². The topological polar surface area (TPSA) is 62.7 Å². The number of hydrogen-bond donors (Lipinski definition) is 1. The lowest BCUT2D eigenvalue weighted by molar-refractivity contribution is 0.630. The Balaban J connectivity index is 2.30. The molecular formula is C20H15BrFN3. The molecule has 0 amide bonds. The van der Waals surface area contributed by atoms with Gasteiger partial charge in [-0.15, -0.1) is 0 Å². The summed E-state index contributed by atoms with van der Waals surface area (Å²) in [5.41, 5.74) is 10.6. The molecular weight excluding hydrogens is 381 g/mol. The number of hydrogen-bond acceptors (Lipinski definition) is 3.